The number of urea groups is 1. The molecule has 1 saturated heterocycles. The van der Waals surface area contributed by atoms with Crippen molar-refractivity contribution in [2.45, 2.75) is 32.2 Å². The molecule has 4 rings (SSSR count). The van der Waals surface area contributed by atoms with E-state index in [1.54, 1.807) is 0 Å². The summed E-state index contributed by atoms with van der Waals surface area (Å²) in [5.41, 5.74) is 4.09. The van der Waals surface area contributed by atoms with Crippen molar-refractivity contribution in [1.29, 1.82) is 0 Å². The second-order valence-corrected chi connectivity index (χ2v) is 6.42. The van der Waals surface area contributed by atoms with Crippen LogP contribution in [0.4, 0.5) is 10.5 Å². The molecule has 124 valence electrons. The van der Waals surface area contributed by atoms with Crippen LogP contribution >= 0.6 is 0 Å². The molecule has 1 fully saturated rings. The first-order valence-electron chi connectivity index (χ1n) is 8.36. The van der Waals surface area contributed by atoms with Gasteiger partial charge in [-0.05, 0) is 50.5 Å². The van der Waals surface area contributed by atoms with Gasteiger partial charge in [-0.25, -0.2) is 4.79 Å². The van der Waals surface area contributed by atoms with E-state index in [2.05, 4.69) is 26.6 Å². The van der Waals surface area contributed by atoms with Crippen LogP contribution in [0.25, 0.3) is 10.9 Å². The number of fused-ring (bicyclic) bond motifs is 1. The Morgan fingerprint density at radius 3 is 3.08 bits per heavy atom. The number of hydrogen-bond donors (Lipinski definition) is 3. The molecule has 0 saturated carbocycles. The topological polar surface area (TPSA) is 76.8 Å². The molecule has 24 heavy (non-hydrogen) atoms. The van der Waals surface area contributed by atoms with Gasteiger partial charge in [0, 0.05) is 40.6 Å². The highest BCUT2D eigenvalue weighted by Crippen LogP contribution is 2.31. The third-order valence-electron chi connectivity index (χ3n) is 4.67. The fourth-order valence-corrected chi connectivity index (χ4v) is 3.52. The molecule has 1 aromatic carbocycles. The Kier molecular flexibility index (Phi) is 3.72. The number of aryl methyl sites for hydroxylation is 1. The third kappa shape index (κ3) is 2.75. The van der Waals surface area contributed by atoms with Crippen molar-refractivity contribution in [2.75, 3.05) is 11.9 Å². The van der Waals surface area contributed by atoms with Gasteiger partial charge in [0.05, 0.1) is 12.2 Å². The number of carbonyl (C=O) groups excluding carboxylic acids is 1. The van der Waals surface area contributed by atoms with Crippen molar-refractivity contribution in [3.63, 3.8) is 0 Å². The van der Waals surface area contributed by atoms with E-state index in [1.165, 1.54) is 0 Å². The van der Waals surface area contributed by atoms with Crippen LogP contribution in [-0.4, -0.2) is 32.7 Å². The van der Waals surface area contributed by atoms with E-state index in [4.69, 9.17) is 0 Å². The van der Waals surface area contributed by atoms with Crippen LogP contribution in [0.5, 0.6) is 0 Å². The molecule has 3 heterocycles. The van der Waals surface area contributed by atoms with E-state index in [-0.39, 0.29) is 12.1 Å². The van der Waals surface area contributed by atoms with Gasteiger partial charge in [0.2, 0.25) is 0 Å². The summed E-state index contributed by atoms with van der Waals surface area (Å²) in [5.74, 6) is 0. The first kappa shape index (κ1) is 14.8. The van der Waals surface area contributed by atoms with Crippen LogP contribution in [0.3, 0.4) is 0 Å². The Bertz CT molecular complexity index is 852. The second kappa shape index (κ2) is 6.03. The molecule has 3 N–H and O–H groups in total. The number of H-pyrrole nitrogens is 2. The molecule has 0 aliphatic carbocycles. The number of benzene rings is 1. The summed E-state index contributed by atoms with van der Waals surface area (Å²) in [6.45, 7) is 2.80. The van der Waals surface area contributed by atoms with Crippen molar-refractivity contribution < 1.29 is 4.79 Å². The molecular weight excluding hydrogens is 302 g/mol. The molecular formula is C18H21N5O. The van der Waals surface area contributed by atoms with Gasteiger partial charge in [-0.2, -0.15) is 5.10 Å². The molecule has 0 spiro atoms. The summed E-state index contributed by atoms with van der Waals surface area (Å²) in [5, 5.41) is 11.0. The molecule has 2 aromatic heterocycles. The second-order valence-electron chi connectivity index (χ2n) is 6.42. The molecule has 0 bridgehead atoms. The lowest BCUT2D eigenvalue weighted by Gasteiger charge is -2.35. The van der Waals surface area contributed by atoms with Gasteiger partial charge in [-0.3, -0.25) is 5.10 Å². The minimum atomic E-state index is -0.0486. The molecule has 0 radical (unpaired) electrons. The summed E-state index contributed by atoms with van der Waals surface area (Å²) in [4.78, 5) is 18.0. The van der Waals surface area contributed by atoms with Gasteiger partial charge in [0.1, 0.15) is 0 Å². The van der Waals surface area contributed by atoms with Crippen molar-refractivity contribution in [3.8, 4) is 0 Å². The number of rotatable bonds is 2. The van der Waals surface area contributed by atoms with Crippen molar-refractivity contribution >= 4 is 22.6 Å². The Labute approximate surface area is 140 Å². The van der Waals surface area contributed by atoms with Crippen LogP contribution in [0.15, 0.2) is 36.7 Å². The lowest BCUT2D eigenvalue weighted by molar-refractivity contribution is 0.163. The van der Waals surface area contributed by atoms with E-state index >= 15 is 0 Å². The fraction of sp³-hybridized carbons (Fsp3) is 0.333. The number of nitrogens with zero attached hydrogens (tertiary/aromatic N) is 2. The fourth-order valence-electron chi connectivity index (χ4n) is 3.52. The summed E-state index contributed by atoms with van der Waals surface area (Å²) in [7, 11) is 0. The van der Waals surface area contributed by atoms with Gasteiger partial charge in [-0.1, -0.05) is 0 Å². The van der Waals surface area contributed by atoms with Gasteiger partial charge in [0.15, 0.2) is 0 Å². The number of nitrogens with one attached hydrogen (secondary N) is 3. The monoisotopic (exact) mass is 323 g/mol. The van der Waals surface area contributed by atoms with E-state index in [1.807, 2.05) is 42.4 Å². The zero-order valence-electron chi connectivity index (χ0n) is 13.7. The van der Waals surface area contributed by atoms with Gasteiger partial charge in [0.25, 0.3) is 0 Å². The highest BCUT2D eigenvalue weighted by molar-refractivity contribution is 5.93. The Balaban J connectivity index is 1.54. The van der Waals surface area contributed by atoms with Crippen molar-refractivity contribution in [1.82, 2.24) is 20.1 Å². The Morgan fingerprint density at radius 1 is 1.33 bits per heavy atom. The van der Waals surface area contributed by atoms with Crippen LogP contribution in [0, 0.1) is 6.92 Å². The summed E-state index contributed by atoms with van der Waals surface area (Å²) < 4.78 is 0. The highest BCUT2D eigenvalue weighted by atomic mass is 16.2. The predicted molar refractivity (Wildman–Crippen MR) is 93.9 cm³/mol. The number of anilines is 1. The number of piperidine rings is 1. The number of amides is 2. The first-order chi connectivity index (χ1) is 11.7. The summed E-state index contributed by atoms with van der Waals surface area (Å²) >= 11 is 0. The quantitative estimate of drug-likeness (QED) is 0.667. The van der Waals surface area contributed by atoms with Crippen LogP contribution < -0.4 is 5.32 Å². The van der Waals surface area contributed by atoms with E-state index < -0.39 is 0 Å². The summed E-state index contributed by atoms with van der Waals surface area (Å²) in [6, 6.07) is 8.07. The molecule has 1 aliphatic rings. The average Bonchev–Trinajstić information content (AvgIpc) is 3.23. The smallest absolute Gasteiger partial charge is 0.322 e. The van der Waals surface area contributed by atoms with Gasteiger partial charge >= 0.3 is 6.03 Å². The maximum atomic E-state index is 12.8. The Hall–Kier alpha value is -2.76. The molecule has 6 nitrogen and oxygen atoms in total. The lowest BCUT2D eigenvalue weighted by atomic mass is 9.98. The summed E-state index contributed by atoms with van der Waals surface area (Å²) in [6.07, 6.45) is 6.84. The predicted octanol–water partition coefficient (Wildman–Crippen LogP) is 3.96. The first-order valence-corrected chi connectivity index (χ1v) is 8.36. The number of aromatic amines is 2. The molecule has 2 amide bonds. The van der Waals surface area contributed by atoms with Gasteiger partial charge < -0.3 is 15.2 Å². The van der Waals surface area contributed by atoms with Crippen LogP contribution in [0.2, 0.25) is 0 Å². The highest BCUT2D eigenvalue weighted by Gasteiger charge is 2.28. The van der Waals surface area contributed by atoms with Crippen LogP contribution in [0.1, 0.15) is 36.6 Å². The zero-order valence-corrected chi connectivity index (χ0v) is 13.7. The zero-order chi connectivity index (χ0) is 16.5. The lowest BCUT2D eigenvalue weighted by Crippen LogP contribution is -2.41. The molecule has 3 aromatic rings. The van der Waals surface area contributed by atoms with E-state index in [0.717, 1.165) is 53.7 Å². The Morgan fingerprint density at radius 2 is 2.25 bits per heavy atom. The largest absolute Gasteiger partial charge is 0.359 e. The average molecular weight is 323 g/mol. The van der Waals surface area contributed by atoms with Crippen molar-refractivity contribution in [2.24, 2.45) is 0 Å². The SMILES string of the molecule is Cc1cc2cc(NC(=O)N3CCCC[C@@H]3c3cn[nH]c3)ccc2[nH]1. The maximum absolute atomic E-state index is 12.8. The number of carbonyl (C=O) groups is 1. The van der Waals surface area contributed by atoms with Gasteiger partial charge in [-0.15, -0.1) is 0 Å². The third-order valence-corrected chi connectivity index (χ3v) is 4.67. The van der Waals surface area contributed by atoms with Crippen LogP contribution in [-0.2, 0) is 0 Å². The number of likely N-dealkylation sites (tertiary alicyclic amines) is 1. The standard InChI is InChI=1S/C18H21N5O/c1-12-8-13-9-15(5-6-16(13)21-12)22-18(24)23-7-3-2-4-17(23)14-10-19-20-11-14/h5-6,8-11,17,21H,2-4,7H2,1H3,(H,19,20)(H,22,24)/t17-/m1/s1. The van der Waals surface area contributed by atoms with E-state index in [0.29, 0.717) is 0 Å². The molecule has 6 heteroatoms. The normalized spacial score (nSPS) is 18.0. The molecule has 1 atom stereocenters. The maximum Gasteiger partial charge on any atom is 0.322 e. The minimum absolute atomic E-state index is 0.0486. The number of aromatic nitrogens is 3. The molecule has 0 unspecified atom stereocenters. The minimum Gasteiger partial charge on any atom is -0.359 e. The van der Waals surface area contributed by atoms with Crippen molar-refractivity contribution in [3.05, 3.63) is 47.9 Å². The molecule has 1 aliphatic heterocycles. The van der Waals surface area contributed by atoms with E-state index in [9.17, 15) is 4.79 Å². The number of hydrogen-bond acceptors (Lipinski definition) is 2.